The van der Waals surface area contributed by atoms with Gasteiger partial charge in [-0.1, -0.05) is 11.6 Å². The van der Waals surface area contributed by atoms with E-state index in [1.807, 2.05) is 0 Å². The molecule has 0 unspecified atom stereocenters. The molecule has 3 aromatic carbocycles. The topological polar surface area (TPSA) is 60.7 Å². The number of nitrogens with zero attached hydrogens (tertiary/aromatic N) is 1. The second-order valence-corrected chi connectivity index (χ2v) is 7.36. The number of hydrogen-bond donors (Lipinski definition) is 1. The monoisotopic (exact) mass is 461 g/mol. The van der Waals surface area contributed by atoms with Crippen molar-refractivity contribution >= 4 is 22.5 Å². The Labute approximate surface area is 184 Å². The van der Waals surface area contributed by atoms with Crippen LogP contribution < -0.4 is 14.9 Å². The predicted molar refractivity (Wildman–Crippen MR) is 114 cm³/mol. The van der Waals surface area contributed by atoms with Gasteiger partial charge in [-0.3, -0.25) is 4.79 Å². The number of fused-ring (bicyclic) bond motifs is 1. The van der Waals surface area contributed by atoms with Crippen molar-refractivity contribution in [3.63, 3.8) is 0 Å². The summed E-state index contributed by atoms with van der Waals surface area (Å²) >= 11 is 5.97. The largest absolute Gasteiger partial charge is 0.573 e. The minimum Gasteiger partial charge on any atom is -0.457 e. The average molecular weight is 462 g/mol. The van der Waals surface area contributed by atoms with E-state index in [2.05, 4.69) is 4.74 Å². The van der Waals surface area contributed by atoms with Gasteiger partial charge in [0.2, 0.25) is 0 Å². The molecule has 0 aliphatic rings. The van der Waals surface area contributed by atoms with Crippen LogP contribution in [0.1, 0.15) is 5.56 Å². The van der Waals surface area contributed by atoms with Crippen LogP contribution in [0.25, 0.3) is 22.2 Å². The zero-order valence-corrected chi connectivity index (χ0v) is 17.2. The number of halogens is 4. The predicted octanol–water partition coefficient (Wildman–Crippen LogP) is 6.56. The highest BCUT2D eigenvalue weighted by Crippen LogP contribution is 2.30. The van der Waals surface area contributed by atoms with Gasteiger partial charge >= 0.3 is 6.36 Å². The zero-order chi connectivity index (χ0) is 23.0. The van der Waals surface area contributed by atoms with Crippen LogP contribution in [0, 0.1) is 6.92 Å². The molecule has 164 valence electrons. The van der Waals surface area contributed by atoms with Crippen molar-refractivity contribution in [2.24, 2.45) is 0 Å². The maximum Gasteiger partial charge on any atom is 0.573 e. The van der Waals surface area contributed by atoms with E-state index in [-0.39, 0.29) is 11.2 Å². The third kappa shape index (κ3) is 4.36. The van der Waals surface area contributed by atoms with E-state index in [0.717, 1.165) is 16.9 Å². The molecule has 0 aliphatic carbocycles. The molecule has 1 aromatic heterocycles. The van der Waals surface area contributed by atoms with Crippen LogP contribution in [0.4, 0.5) is 13.2 Å². The van der Waals surface area contributed by atoms with E-state index in [4.69, 9.17) is 16.3 Å². The number of alkyl halides is 3. The van der Waals surface area contributed by atoms with Crippen LogP contribution in [0.2, 0.25) is 5.02 Å². The average Bonchev–Trinajstić information content (AvgIpc) is 2.74. The summed E-state index contributed by atoms with van der Waals surface area (Å²) in [5.74, 6) is 0.370. The molecule has 0 amide bonds. The lowest BCUT2D eigenvalue weighted by atomic mass is 10.0. The maximum absolute atomic E-state index is 12.8. The van der Waals surface area contributed by atoms with Gasteiger partial charge in [-0.2, -0.15) is 4.73 Å². The minimum absolute atomic E-state index is 0.246. The van der Waals surface area contributed by atoms with Crippen molar-refractivity contribution < 1.29 is 27.9 Å². The van der Waals surface area contributed by atoms with Crippen LogP contribution in [0.15, 0.2) is 71.5 Å². The van der Waals surface area contributed by atoms with Gasteiger partial charge in [-0.05, 0) is 73.7 Å². The summed E-state index contributed by atoms with van der Waals surface area (Å²) in [5, 5.41) is 11.4. The summed E-state index contributed by atoms with van der Waals surface area (Å²) in [6, 6.07) is 16.2. The third-order valence-corrected chi connectivity index (χ3v) is 4.99. The fourth-order valence-electron chi connectivity index (χ4n) is 3.33. The van der Waals surface area contributed by atoms with Crippen LogP contribution in [-0.2, 0) is 0 Å². The fraction of sp³-hybridized carbons (Fsp3) is 0.0870. The lowest BCUT2D eigenvalue weighted by Gasteiger charge is -2.15. The van der Waals surface area contributed by atoms with Crippen LogP contribution in [-0.4, -0.2) is 16.3 Å². The van der Waals surface area contributed by atoms with Gasteiger partial charge in [0, 0.05) is 16.1 Å². The van der Waals surface area contributed by atoms with Crippen molar-refractivity contribution in [3.8, 4) is 28.5 Å². The molecule has 0 spiro atoms. The normalized spacial score (nSPS) is 11.5. The summed E-state index contributed by atoms with van der Waals surface area (Å²) in [7, 11) is 0. The molecule has 4 aromatic rings. The van der Waals surface area contributed by atoms with Gasteiger partial charge in [-0.15, -0.1) is 13.2 Å². The van der Waals surface area contributed by atoms with Crippen molar-refractivity contribution in [3.05, 3.63) is 87.5 Å². The number of pyridine rings is 1. The Balaban J connectivity index is 1.61. The Morgan fingerprint density at radius 2 is 1.47 bits per heavy atom. The van der Waals surface area contributed by atoms with E-state index >= 15 is 0 Å². The SMILES string of the molecule is Cc1c(-c2ccc(Oc3ccc(OC(F)(F)F)cc3)cc2)n(O)c2ccc(Cl)cc2c1=O. The Hall–Kier alpha value is -3.65. The molecule has 1 N–H and O–H groups in total. The van der Waals surface area contributed by atoms with E-state index in [1.165, 1.54) is 18.2 Å². The minimum atomic E-state index is -4.76. The first-order chi connectivity index (χ1) is 15.1. The molecule has 0 saturated carbocycles. The second kappa shape index (κ2) is 8.12. The van der Waals surface area contributed by atoms with Gasteiger partial charge in [0.15, 0.2) is 5.43 Å². The van der Waals surface area contributed by atoms with Gasteiger partial charge in [0.1, 0.15) is 17.2 Å². The second-order valence-electron chi connectivity index (χ2n) is 6.92. The van der Waals surface area contributed by atoms with Crippen molar-refractivity contribution in [2.45, 2.75) is 13.3 Å². The Morgan fingerprint density at radius 3 is 2.06 bits per heavy atom. The molecule has 0 aliphatic heterocycles. The van der Waals surface area contributed by atoms with Gasteiger partial charge in [-0.25, -0.2) is 0 Å². The lowest BCUT2D eigenvalue weighted by molar-refractivity contribution is -0.274. The van der Waals surface area contributed by atoms with Crippen molar-refractivity contribution in [1.82, 2.24) is 4.73 Å². The summed E-state index contributed by atoms with van der Waals surface area (Å²) < 4.78 is 47.2. The molecular formula is C23H15ClF3NO4. The van der Waals surface area contributed by atoms with E-state index in [0.29, 0.717) is 44.2 Å². The first-order valence-corrected chi connectivity index (χ1v) is 9.68. The highest BCUT2D eigenvalue weighted by atomic mass is 35.5. The number of aromatic nitrogens is 1. The van der Waals surface area contributed by atoms with Crippen LogP contribution >= 0.6 is 11.6 Å². The third-order valence-electron chi connectivity index (χ3n) is 4.76. The standard InChI is InChI=1S/C23H15ClF3NO4/c1-13-21(28(30)20-11-4-15(24)12-19(20)22(13)29)14-2-5-16(6-3-14)31-17-7-9-18(10-8-17)32-23(25,26)27/h2-12,30H,1H3. The van der Waals surface area contributed by atoms with Gasteiger partial charge in [0.05, 0.1) is 16.6 Å². The smallest absolute Gasteiger partial charge is 0.457 e. The number of rotatable bonds is 4. The molecule has 9 heteroatoms. The van der Waals surface area contributed by atoms with Crippen LogP contribution in [0.3, 0.4) is 0 Å². The molecule has 0 radical (unpaired) electrons. The Bertz CT molecular complexity index is 1350. The van der Waals surface area contributed by atoms with E-state index in [1.54, 1.807) is 43.3 Å². The summed E-state index contributed by atoms with van der Waals surface area (Å²) in [6.45, 7) is 1.61. The molecule has 4 rings (SSSR count). The molecule has 0 atom stereocenters. The molecular weight excluding hydrogens is 447 g/mol. The first kappa shape index (κ1) is 21.6. The zero-order valence-electron chi connectivity index (χ0n) is 16.5. The van der Waals surface area contributed by atoms with Gasteiger partial charge < -0.3 is 14.7 Å². The van der Waals surface area contributed by atoms with E-state index < -0.39 is 6.36 Å². The van der Waals surface area contributed by atoms with Crippen molar-refractivity contribution in [1.29, 1.82) is 0 Å². The molecule has 32 heavy (non-hydrogen) atoms. The summed E-state index contributed by atoms with van der Waals surface area (Å²) in [6.07, 6.45) is -4.76. The molecule has 5 nitrogen and oxygen atoms in total. The van der Waals surface area contributed by atoms with Gasteiger partial charge in [0.25, 0.3) is 0 Å². The van der Waals surface area contributed by atoms with Crippen molar-refractivity contribution in [2.75, 3.05) is 0 Å². The fourth-order valence-corrected chi connectivity index (χ4v) is 3.50. The lowest BCUT2D eigenvalue weighted by Crippen LogP contribution is -2.16. The van der Waals surface area contributed by atoms with Crippen LogP contribution in [0.5, 0.6) is 17.2 Å². The first-order valence-electron chi connectivity index (χ1n) is 9.30. The number of ether oxygens (including phenoxy) is 2. The number of benzene rings is 3. The molecule has 1 heterocycles. The van der Waals surface area contributed by atoms with E-state index in [9.17, 15) is 23.2 Å². The quantitative estimate of drug-likeness (QED) is 0.350. The Morgan fingerprint density at radius 1 is 0.906 bits per heavy atom. The molecule has 0 saturated heterocycles. The Kier molecular flexibility index (Phi) is 5.48. The number of hydrogen-bond acceptors (Lipinski definition) is 4. The highest BCUT2D eigenvalue weighted by molar-refractivity contribution is 6.31. The summed E-state index contributed by atoms with van der Waals surface area (Å²) in [5.41, 5.74) is 1.31. The summed E-state index contributed by atoms with van der Waals surface area (Å²) in [4.78, 5) is 12.8. The highest BCUT2D eigenvalue weighted by Gasteiger charge is 2.31. The molecule has 0 fully saturated rings. The molecule has 0 bridgehead atoms. The maximum atomic E-state index is 12.8.